The molecule has 0 bridgehead atoms. The molecule has 120 valence electrons. The van der Waals surface area contributed by atoms with E-state index in [1.54, 1.807) is 25.3 Å². The van der Waals surface area contributed by atoms with Gasteiger partial charge in [0.15, 0.2) is 15.7 Å². The summed E-state index contributed by atoms with van der Waals surface area (Å²) in [5, 5.41) is 4.13. The number of aromatic nitrogens is 2. The molecule has 1 heterocycles. The van der Waals surface area contributed by atoms with Crippen LogP contribution >= 0.6 is 11.6 Å². The summed E-state index contributed by atoms with van der Waals surface area (Å²) in [5.74, 6) is 0.432. The van der Waals surface area contributed by atoms with Crippen molar-refractivity contribution in [2.45, 2.75) is 5.75 Å². The Morgan fingerprint density at radius 3 is 2.77 bits per heavy atom. The van der Waals surface area contributed by atoms with Crippen LogP contribution in [0.2, 0.25) is 5.02 Å². The topological polar surface area (TPSA) is 91.5 Å². The van der Waals surface area contributed by atoms with Crippen LogP contribution in [0, 0.1) is 0 Å². The van der Waals surface area contributed by atoms with Gasteiger partial charge in [-0.3, -0.25) is 0 Å². The van der Waals surface area contributed by atoms with Crippen molar-refractivity contribution < 1.29 is 22.4 Å². The number of hydrogen-bond donors (Lipinski definition) is 0. The normalized spacial score (nSPS) is 11.6. The Bertz CT molecular complexity index is 745. The number of rotatable bonds is 7. The molecule has 0 unspecified atom stereocenters. The standard InChI is InChI=1S/C13H15ClN2O5S/c1-19-5-6-20-11-4-3-9(14)7-10(11)13-15-12(16-21-13)8-22(2,17)18/h3-4,7H,5-6,8H2,1-2H3. The highest BCUT2D eigenvalue weighted by Gasteiger charge is 2.17. The van der Waals surface area contributed by atoms with E-state index in [0.717, 1.165) is 6.26 Å². The van der Waals surface area contributed by atoms with Crippen molar-refractivity contribution in [3.63, 3.8) is 0 Å². The molecule has 0 aliphatic rings. The lowest BCUT2D eigenvalue weighted by atomic mass is 10.2. The van der Waals surface area contributed by atoms with Gasteiger partial charge in [-0.1, -0.05) is 16.8 Å². The van der Waals surface area contributed by atoms with Gasteiger partial charge in [-0.15, -0.1) is 0 Å². The average molecular weight is 347 g/mol. The SMILES string of the molecule is COCCOc1ccc(Cl)cc1-c1nc(CS(C)(=O)=O)no1. The molecule has 0 aliphatic carbocycles. The highest BCUT2D eigenvalue weighted by Crippen LogP contribution is 2.31. The second kappa shape index (κ2) is 7.08. The molecule has 22 heavy (non-hydrogen) atoms. The first-order valence-electron chi connectivity index (χ1n) is 6.31. The Hall–Kier alpha value is -1.64. The van der Waals surface area contributed by atoms with E-state index in [9.17, 15) is 8.42 Å². The largest absolute Gasteiger partial charge is 0.490 e. The summed E-state index contributed by atoms with van der Waals surface area (Å²) >= 11 is 5.98. The first-order chi connectivity index (χ1) is 10.4. The molecular formula is C13H15ClN2O5S. The molecule has 0 aliphatic heterocycles. The van der Waals surface area contributed by atoms with E-state index in [0.29, 0.717) is 29.5 Å². The summed E-state index contributed by atoms with van der Waals surface area (Å²) in [6, 6.07) is 4.95. The van der Waals surface area contributed by atoms with Crippen LogP contribution in [0.4, 0.5) is 0 Å². The minimum atomic E-state index is -3.24. The van der Waals surface area contributed by atoms with Crippen LogP contribution in [-0.4, -0.2) is 45.1 Å². The number of ether oxygens (including phenoxy) is 2. The van der Waals surface area contributed by atoms with Gasteiger partial charge >= 0.3 is 0 Å². The minimum absolute atomic E-state index is 0.0836. The van der Waals surface area contributed by atoms with E-state index < -0.39 is 9.84 Å². The zero-order chi connectivity index (χ0) is 16.2. The predicted octanol–water partition coefficient (Wildman–Crippen LogP) is 1.96. The van der Waals surface area contributed by atoms with Crippen LogP contribution in [0.25, 0.3) is 11.5 Å². The third kappa shape index (κ3) is 4.69. The zero-order valence-electron chi connectivity index (χ0n) is 12.1. The van der Waals surface area contributed by atoms with Gasteiger partial charge in [0.25, 0.3) is 5.89 Å². The summed E-state index contributed by atoms with van der Waals surface area (Å²) in [5.41, 5.74) is 0.496. The van der Waals surface area contributed by atoms with Crippen molar-refractivity contribution in [3.05, 3.63) is 29.0 Å². The van der Waals surface area contributed by atoms with Crippen molar-refractivity contribution in [1.82, 2.24) is 10.1 Å². The summed E-state index contributed by atoms with van der Waals surface area (Å²) in [6.45, 7) is 0.765. The van der Waals surface area contributed by atoms with Gasteiger partial charge in [-0.05, 0) is 18.2 Å². The summed E-state index contributed by atoms with van der Waals surface area (Å²) in [6.07, 6.45) is 1.10. The van der Waals surface area contributed by atoms with Crippen LogP contribution < -0.4 is 4.74 Å². The molecule has 0 amide bonds. The Morgan fingerprint density at radius 2 is 2.09 bits per heavy atom. The van der Waals surface area contributed by atoms with Crippen LogP contribution in [0.1, 0.15) is 5.82 Å². The zero-order valence-corrected chi connectivity index (χ0v) is 13.6. The summed E-state index contributed by atoms with van der Waals surface area (Å²) in [7, 11) is -1.67. The van der Waals surface area contributed by atoms with Crippen LogP contribution in [0.15, 0.2) is 22.7 Å². The van der Waals surface area contributed by atoms with Crippen LogP contribution in [0.3, 0.4) is 0 Å². The summed E-state index contributed by atoms with van der Waals surface area (Å²) < 4.78 is 38.1. The molecule has 0 N–H and O–H groups in total. The smallest absolute Gasteiger partial charge is 0.261 e. The molecule has 2 rings (SSSR count). The Morgan fingerprint density at radius 1 is 1.32 bits per heavy atom. The maximum absolute atomic E-state index is 11.3. The van der Waals surface area contributed by atoms with Gasteiger partial charge in [-0.2, -0.15) is 4.98 Å². The van der Waals surface area contributed by atoms with Gasteiger partial charge in [0.1, 0.15) is 18.1 Å². The molecule has 2 aromatic rings. The number of methoxy groups -OCH3 is 1. The molecule has 0 radical (unpaired) electrons. The molecule has 1 aromatic heterocycles. The molecule has 0 saturated heterocycles. The predicted molar refractivity (Wildman–Crippen MR) is 80.7 cm³/mol. The Kier molecular flexibility index (Phi) is 5.38. The second-order valence-corrected chi connectivity index (χ2v) is 7.14. The van der Waals surface area contributed by atoms with Gasteiger partial charge in [0, 0.05) is 18.4 Å². The lowest BCUT2D eigenvalue weighted by Crippen LogP contribution is -2.05. The third-order valence-electron chi connectivity index (χ3n) is 2.58. The van der Waals surface area contributed by atoms with Gasteiger partial charge < -0.3 is 14.0 Å². The van der Waals surface area contributed by atoms with E-state index >= 15 is 0 Å². The van der Waals surface area contributed by atoms with Crippen LogP contribution in [0.5, 0.6) is 5.75 Å². The number of sulfone groups is 1. The number of halogens is 1. The van der Waals surface area contributed by atoms with E-state index in [2.05, 4.69) is 10.1 Å². The Labute approximate surface area is 133 Å². The van der Waals surface area contributed by atoms with Crippen molar-refractivity contribution in [2.75, 3.05) is 26.6 Å². The third-order valence-corrected chi connectivity index (χ3v) is 3.59. The highest BCUT2D eigenvalue weighted by molar-refractivity contribution is 7.89. The fraction of sp³-hybridized carbons (Fsp3) is 0.385. The number of hydrogen-bond acceptors (Lipinski definition) is 7. The van der Waals surface area contributed by atoms with E-state index in [1.807, 2.05) is 0 Å². The van der Waals surface area contributed by atoms with Crippen molar-refractivity contribution >= 4 is 21.4 Å². The molecule has 1 aromatic carbocycles. The molecule has 0 atom stereocenters. The van der Waals surface area contributed by atoms with Crippen molar-refractivity contribution in [3.8, 4) is 17.2 Å². The van der Waals surface area contributed by atoms with Crippen LogP contribution in [-0.2, 0) is 20.3 Å². The molecule has 0 fully saturated rings. The lowest BCUT2D eigenvalue weighted by Gasteiger charge is -2.09. The molecule has 7 nitrogen and oxygen atoms in total. The van der Waals surface area contributed by atoms with Crippen molar-refractivity contribution in [2.24, 2.45) is 0 Å². The monoisotopic (exact) mass is 346 g/mol. The molecular weight excluding hydrogens is 332 g/mol. The average Bonchev–Trinajstić information content (AvgIpc) is 2.86. The van der Waals surface area contributed by atoms with Gasteiger partial charge in [0.2, 0.25) is 0 Å². The maximum atomic E-state index is 11.3. The molecule has 9 heteroatoms. The number of nitrogens with zero attached hydrogens (tertiary/aromatic N) is 2. The lowest BCUT2D eigenvalue weighted by molar-refractivity contribution is 0.146. The first-order valence-corrected chi connectivity index (χ1v) is 8.75. The molecule has 0 saturated carbocycles. The van der Waals surface area contributed by atoms with Gasteiger partial charge in [0.05, 0.1) is 12.2 Å². The molecule has 0 spiro atoms. The second-order valence-electron chi connectivity index (χ2n) is 4.57. The van der Waals surface area contributed by atoms with E-state index in [1.165, 1.54) is 0 Å². The maximum Gasteiger partial charge on any atom is 0.261 e. The van der Waals surface area contributed by atoms with E-state index in [4.69, 9.17) is 25.6 Å². The fourth-order valence-corrected chi connectivity index (χ4v) is 2.45. The summed E-state index contributed by atoms with van der Waals surface area (Å²) in [4.78, 5) is 4.07. The Balaban J connectivity index is 2.28. The number of benzene rings is 1. The van der Waals surface area contributed by atoms with Crippen molar-refractivity contribution in [1.29, 1.82) is 0 Å². The van der Waals surface area contributed by atoms with Gasteiger partial charge in [-0.25, -0.2) is 8.42 Å². The quantitative estimate of drug-likeness (QED) is 0.707. The highest BCUT2D eigenvalue weighted by atomic mass is 35.5. The van der Waals surface area contributed by atoms with E-state index in [-0.39, 0.29) is 17.5 Å². The minimum Gasteiger partial charge on any atom is -0.490 e. The fourth-order valence-electron chi connectivity index (χ4n) is 1.69. The first kappa shape index (κ1) is 16.7.